The number of H-pyrrole nitrogens is 1. The average molecular weight is 237 g/mol. The first-order valence-corrected chi connectivity index (χ1v) is 6.10. The Hall–Kier alpha value is -1.27. The van der Waals surface area contributed by atoms with Crippen molar-refractivity contribution in [1.29, 1.82) is 0 Å². The van der Waals surface area contributed by atoms with Crippen LogP contribution in [0.1, 0.15) is 18.9 Å². The van der Waals surface area contributed by atoms with Gasteiger partial charge in [-0.1, -0.05) is 25.2 Å². The molecule has 16 heavy (non-hydrogen) atoms. The molecule has 0 saturated heterocycles. The molecule has 0 unspecified atom stereocenters. The second-order valence-corrected chi connectivity index (χ2v) is 5.06. The van der Waals surface area contributed by atoms with Crippen molar-refractivity contribution in [1.82, 2.24) is 25.7 Å². The number of nitrogens with one attached hydrogen (secondary N) is 2. The summed E-state index contributed by atoms with van der Waals surface area (Å²) in [6.45, 7) is 6.15. The Kier molecular flexibility index (Phi) is 3.63. The molecule has 0 radical (unpaired) electrons. The van der Waals surface area contributed by atoms with Gasteiger partial charge < -0.3 is 5.32 Å². The molecule has 0 fully saturated rings. The molecule has 0 aromatic carbocycles. The van der Waals surface area contributed by atoms with Gasteiger partial charge in [-0.3, -0.25) is 5.10 Å². The minimum absolute atomic E-state index is 0.653. The van der Waals surface area contributed by atoms with Crippen LogP contribution < -0.4 is 5.32 Å². The fourth-order valence-electron chi connectivity index (χ4n) is 1.28. The van der Waals surface area contributed by atoms with Crippen LogP contribution in [0.25, 0.3) is 10.7 Å². The predicted octanol–water partition coefficient (Wildman–Crippen LogP) is 1.67. The monoisotopic (exact) mass is 237 g/mol. The van der Waals surface area contributed by atoms with Crippen LogP contribution in [0.4, 0.5) is 0 Å². The highest BCUT2D eigenvalue weighted by Gasteiger charge is 2.07. The van der Waals surface area contributed by atoms with Gasteiger partial charge in [0.05, 0.1) is 5.69 Å². The fraction of sp³-hybridized carbons (Fsp3) is 0.500. The molecular formula is C10H15N5S. The molecule has 6 heteroatoms. The Morgan fingerprint density at radius 3 is 3.00 bits per heavy atom. The zero-order valence-electron chi connectivity index (χ0n) is 9.40. The van der Waals surface area contributed by atoms with Crippen LogP contribution >= 0.6 is 11.3 Å². The second-order valence-electron chi connectivity index (χ2n) is 4.00. The number of nitrogens with zero attached hydrogens (tertiary/aromatic N) is 3. The number of rotatable bonds is 5. The number of aromatic amines is 1. The molecule has 0 spiro atoms. The largest absolute Gasteiger partial charge is 0.310 e. The molecule has 5 nitrogen and oxygen atoms in total. The Balaban J connectivity index is 1.93. The molecular weight excluding hydrogens is 222 g/mol. The van der Waals surface area contributed by atoms with Gasteiger partial charge in [0.25, 0.3) is 0 Å². The van der Waals surface area contributed by atoms with Gasteiger partial charge in [-0.25, -0.2) is 0 Å². The summed E-state index contributed by atoms with van der Waals surface area (Å²) in [5.41, 5.74) is 0.924. The first-order chi connectivity index (χ1) is 7.75. The van der Waals surface area contributed by atoms with E-state index in [-0.39, 0.29) is 0 Å². The molecule has 86 valence electrons. The summed E-state index contributed by atoms with van der Waals surface area (Å²) in [5, 5.41) is 20.2. The molecule has 2 aromatic rings. The normalized spacial score (nSPS) is 11.2. The van der Waals surface area contributed by atoms with Crippen LogP contribution in [-0.4, -0.2) is 26.9 Å². The van der Waals surface area contributed by atoms with E-state index in [1.54, 1.807) is 17.5 Å². The van der Waals surface area contributed by atoms with E-state index >= 15 is 0 Å². The quantitative estimate of drug-likeness (QED) is 0.830. The van der Waals surface area contributed by atoms with E-state index in [4.69, 9.17) is 0 Å². The Labute approximate surface area is 98.3 Å². The third kappa shape index (κ3) is 2.86. The number of hydrogen-bond acceptors (Lipinski definition) is 5. The van der Waals surface area contributed by atoms with Crippen molar-refractivity contribution in [3.05, 3.63) is 17.3 Å². The van der Waals surface area contributed by atoms with Gasteiger partial charge in [0, 0.05) is 12.7 Å². The summed E-state index contributed by atoms with van der Waals surface area (Å²) in [6, 6.07) is 1.89. The van der Waals surface area contributed by atoms with E-state index in [0.29, 0.717) is 5.92 Å². The summed E-state index contributed by atoms with van der Waals surface area (Å²) >= 11 is 1.59. The summed E-state index contributed by atoms with van der Waals surface area (Å²) in [5.74, 6) is 0.653. The van der Waals surface area contributed by atoms with Crippen LogP contribution in [0.2, 0.25) is 0 Å². The summed E-state index contributed by atoms with van der Waals surface area (Å²) < 4.78 is 0. The van der Waals surface area contributed by atoms with Crippen LogP contribution in [0, 0.1) is 5.92 Å². The topological polar surface area (TPSA) is 66.5 Å². The highest BCUT2D eigenvalue weighted by molar-refractivity contribution is 7.14. The van der Waals surface area contributed by atoms with Crippen molar-refractivity contribution in [2.24, 2.45) is 5.92 Å². The smallest absolute Gasteiger partial charge is 0.165 e. The van der Waals surface area contributed by atoms with Crippen molar-refractivity contribution in [3.8, 4) is 10.7 Å². The van der Waals surface area contributed by atoms with Gasteiger partial charge in [-0.15, -0.1) is 10.2 Å². The van der Waals surface area contributed by atoms with Crippen molar-refractivity contribution < 1.29 is 0 Å². The van der Waals surface area contributed by atoms with E-state index in [2.05, 4.69) is 39.6 Å². The van der Waals surface area contributed by atoms with E-state index in [9.17, 15) is 0 Å². The highest BCUT2D eigenvalue weighted by Crippen LogP contribution is 2.20. The Morgan fingerprint density at radius 1 is 1.44 bits per heavy atom. The van der Waals surface area contributed by atoms with Gasteiger partial charge in [-0.2, -0.15) is 5.10 Å². The average Bonchev–Trinajstić information content (AvgIpc) is 2.85. The lowest BCUT2D eigenvalue weighted by molar-refractivity contribution is 0.550. The fourth-order valence-corrected chi connectivity index (χ4v) is 2.06. The second kappa shape index (κ2) is 5.18. The standard InChI is InChI=1S/C10H15N5S/c1-7(2)5-11-6-9-14-15-10(16-9)8-3-4-12-13-8/h3-4,7,11H,5-6H2,1-2H3,(H,12,13). The van der Waals surface area contributed by atoms with E-state index < -0.39 is 0 Å². The SMILES string of the molecule is CC(C)CNCc1nnc(-c2ccn[nH]2)s1. The van der Waals surface area contributed by atoms with Gasteiger partial charge in [0.2, 0.25) is 0 Å². The lowest BCUT2D eigenvalue weighted by atomic mass is 10.2. The van der Waals surface area contributed by atoms with Crippen LogP contribution in [-0.2, 0) is 6.54 Å². The maximum atomic E-state index is 4.13. The van der Waals surface area contributed by atoms with Crippen molar-refractivity contribution in [2.75, 3.05) is 6.54 Å². The van der Waals surface area contributed by atoms with Gasteiger partial charge in [0.15, 0.2) is 5.01 Å². The van der Waals surface area contributed by atoms with Gasteiger partial charge >= 0.3 is 0 Å². The molecule has 0 bridgehead atoms. The summed E-state index contributed by atoms with van der Waals surface area (Å²) in [6.07, 6.45) is 1.72. The molecule has 0 aliphatic rings. The lowest BCUT2D eigenvalue weighted by Gasteiger charge is -2.03. The molecule has 0 saturated carbocycles. The Bertz CT molecular complexity index is 420. The highest BCUT2D eigenvalue weighted by atomic mass is 32.1. The molecule has 0 aliphatic heterocycles. The van der Waals surface area contributed by atoms with Crippen LogP contribution in [0.3, 0.4) is 0 Å². The molecule has 2 rings (SSSR count). The third-order valence-electron chi connectivity index (χ3n) is 2.03. The van der Waals surface area contributed by atoms with E-state index in [0.717, 1.165) is 28.8 Å². The van der Waals surface area contributed by atoms with Crippen LogP contribution in [0.5, 0.6) is 0 Å². The molecule has 2 aromatic heterocycles. The maximum absolute atomic E-state index is 4.13. The number of aromatic nitrogens is 4. The summed E-state index contributed by atoms with van der Waals surface area (Å²) in [4.78, 5) is 0. The zero-order chi connectivity index (χ0) is 11.4. The van der Waals surface area contributed by atoms with Crippen molar-refractivity contribution >= 4 is 11.3 Å². The first-order valence-electron chi connectivity index (χ1n) is 5.28. The maximum Gasteiger partial charge on any atom is 0.165 e. The molecule has 0 aliphatic carbocycles. The minimum atomic E-state index is 0.653. The van der Waals surface area contributed by atoms with Crippen molar-refractivity contribution in [2.45, 2.75) is 20.4 Å². The van der Waals surface area contributed by atoms with E-state index in [1.807, 2.05) is 6.07 Å². The third-order valence-corrected chi connectivity index (χ3v) is 2.98. The summed E-state index contributed by atoms with van der Waals surface area (Å²) in [7, 11) is 0. The van der Waals surface area contributed by atoms with E-state index in [1.165, 1.54) is 0 Å². The Morgan fingerprint density at radius 2 is 2.31 bits per heavy atom. The first kappa shape index (κ1) is 11.2. The predicted molar refractivity (Wildman–Crippen MR) is 64.0 cm³/mol. The van der Waals surface area contributed by atoms with Gasteiger partial charge in [0.1, 0.15) is 5.01 Å². The van der Waals surface area contributed by atoms with Crippen molar-refractivity contribution in [3.63, 3.8) is 0 Å². The molecule has 0 amide bonds. The van der Waals surface area contributed by atoms with Crippen LogP contribution in [0.15, 0.2) is 12.3 Å². The van der Waals surface area contributed by atoms with Gasteiger partial charge in [-0.05, 0) is 18.5 Å². The number of hydrogen-bond donors (Lipinski definition) is 2. The lowest BCUT2D eigenvalue weighted by Crippen LogP contribution is -2.18. The molecule has 2 N–H and O–H groups in total. The minimum Gasteiger partial charge on any atom is -0.310 e. The molecule has 2 heterocycles. The molecule has 0 atom stereocenters. The zero-order valence-corrected chi connectivity index (χ0v) is 10.2.